The van der Waals surface area contributed by atoms with Crippen LogP contribution in [0.3, 0.4) is 0 Å². The van der Waals surface area contributed by atoms with Gasteiger partial charge in [-0.2, -0.15) is 0 Å². The topological polar surface area (TPSA) is 32.5 Å². The Morgan fingerprint density at radius 2 is 2.00 bits per heavy atom. The average molecular weight is 261 g/mol. The fourth-order valence-corrected chi connectivity index (χ4v) is 2.99. The first-order chi connectivity index (χ1) is 9.17. The first-order valence-electron chi connectivity index (χ1n) is 7.50. The largest absolute Gasteiger partial charge is 0.368 e. The van der Waals surface area contributed by atoms with Crippen LogP contribution in [0.5, 0.6) is 0 Å². The number of rotatable bonds is 4. The number of benzene rings is 1. The van der Waals surface area contributed by atoms with Crippen LogP contribution in [0.15, 0.2) is 24.3 Å². The zero-order chi connectivity index (χ0) is 13.8. The third-order valence-corrected chi connectivity index (χ3v) is 4.29. The molecule has 2 N–H and O–H groups in total. The van der Waals surface area contributed by atoms with Gasteiger partial charge in [0.15, 0.2) is 0 Å². The Morgan fingerprint density at radius 3 is 2.63 bits per heavy atom. The van der Waals surface area contributed by atoms with Gasteiger partial charge in [-0.3, -0.25) is 4.90 Å². The third kappa shape index (κ3) is 3.10. The Kier molecular flexibility index (Phi) is 4.83. The fourth-order valence-electron chi connectivity index (χ4n) is 2.99. The Labute approximate surface area is 117 Å². The molecule has 3 nitrogen and oxygen atoms in total. The van der Waals surface area contributed by atoms with Crippen LogP contribution in [-0.4, -0.2) is 37.1 Å². The standard InChI is InChI=1S/C16H27N3/c1-4-15(17)14-8-6-7-9-16(14)19-11-10-18(5-2)13(3)12-19/h6-9,13,15H,4-5,10-12,17H2,1-3H3/t13?,15-/m1/s1. The van der Waals surface area contributed by atoms with Crippen molar-refractivity contribution in [3.63, 3.8) is 0 Å². The Balaban J connectivity index is 2.19. The van der Waals surface area contributed by atoms with Crippen LogP contribution in [0.25, 0.3) is 0 Å². The third-order valence-electron chi connectivity index (χ3n) is 4.29. The van der Waals surface area contributed by atoms with Gasteiger partial charge >= 0.3 is 0 Å². The van der Waals surface area contributed by atoms with Crippen molar-refractivity contribution < 1.29 is 0 Å². The van der Waals surface area contributed by atoms with Crippen LogP contribution in [-0.2, 0) is 0 Å². The van der Waals surface area contributed by atoms with Gasteiger partial charge in [-0.25, -0.2) is 0 Å². The van der Waals surface area contributed by atoms with Gasteiger partial charge in [0.05, 0.1) is 0 Å². The zero-order valence-electron chi connectivity index (χ0n) is 12.5. The lowest BCUT2D eigenvalue weighted by Gasteiger charge is -2.41. The normalized spacial score (nSPS) is 22.5. The minimum absolute atomic E-state index is 0.149. The van der Waals surface area contributed by atoms with Gasteiger partial charge < -0.3 is 10.6 Å². The molecule has 0 amide bonds. The van der Waals surface area contributed by atoms with Crippen molar-refractivity contribution >= 4 is 5.69 Å². The van der Waals surface area contributed by atoms with Crippen molar-refractivity contribution in [2.45, 2.75) is 39.3 Å². The molecule has 106 valence electrons. The highest BCUT2D eigenvalue weighted by atomic mass is 15.3. The van der Waals surface area contributed by atoms with E-state index in [9.17, 15) is 0 Å². The molecular formula is C16H27N3. The summed E-state index contributed by atoms with van der Waals surface area (Å²) >= 11 is 0. The van der Waals surface area contributed by atoms with E-state index in [0.717, 1.165) is 32.6 Å². The van der Waals surface area contributed by atoms with Gasteiger partial charge in [-0.15, -0.1) is 0 Å². The second kappa shape index (κ2) is 6.40. The molecule has 0 bridgehead atoms. The molecule has 1 aromatic carbocycles. The maximum absolute atomic E-state index is 6.25. The highest BCUT2D eigenvalue weighted by Crippen LogP contribution is 2.28. The number of hydrogen-bond donors (Lipinski definition) is 1. The van der Waals surface area contributed by atoms with E-state index in [1.807, 2.05) is 0 Å². The number of nitrogens with two attached hydrogens (primary N) is 1. The zero-order valence-corrected chi connectivity index (χ0v) is 12.5. The molecule has 1 aliphatic rings. The van der Waals surface area contributed by atoms with Gasteiger partial charge in [0.25, 0.3) is 0 Å². The Bertz CT molecular complexity index is 405. The average Bonchev–Trinajstić information content (AvgIpc) is 2.46. The van der Waals surface area contributed by atoms with Crippen molar-refractivity contribution in [2.75, 3.05) is 31.1 Å². The number of piperazine rings is 1. The molecule has 1 aliphatic heterocycles. The summed E-state index contributed by atoms with van der Waals surface area (Å²) in [6.07, 6.45) is 0.988. The van der Waals surface area contributed by atoms with Crippen LogP contribution in [0.1, 0.15) is 38.8 Å². The molecule has 3 heteroatoms. The van der Waals surface area contributed by atoms with Gasteiger partial charge in [-0.05, 0) is 31.5 Å². The number of para-hydroxylation sites is 1. The molecule has 1 heterocycles. The second-order valence-electron chi connectivity index (χ2n) is 5.50. The Hall–Kier alpha value is -1.06. The summed E-state index contributed by atoms with van der Waals surface area (Å²) in [5.74, 6) is 0. The van der Waals surface area contributed by atoms with Crippen molar-refractivity contribution in [3.8, 4) is 0 Å². The molecule has 1 unspecified atom stereocenters. The summed E-state index contributed by atoms with van der Waals surface area (Å²) in [5.41, 5.74) is 8.88. The van der Waals surface area contributed by atoms with Crippen molar-refractivity contribution in [1.82, 2.24) is 4.90 Å². The molecule has 0 aromatic heterocycles. The first-order valence-corrected chi connectivity index (χ1v) is 7.50. The molecular weight excluding hydrogens is 234 g/mol. The van der Waals surface area contributed by atoms with E-state index >= 15 is 0 Å². The molecule has 0 spiro atoms. The Morgan fingerprint density at radius 1 is 1.26 bits per heavy atom. The number of hydrogen-bond acceptors (Lipinski definition) is 3. The minimum atomic E-state index is 0.149. The van der Waals surface area contributed by atoms with Crippen LogP contribution in [0.2, 0.25) is 0 Å². The molecule has 2 atom stereocenters. The quantitative estimate of drug-likeness (QED) is 0.904. The molecule has 0 radical (unpaired) electrons. The molecule has 0 saturated carbocycles. The van der Waals surface area contributed by atoms with Gasteiger partial charge in [0.2, 0.25) is 0 Å². The lowest BCUT2D eigenvalue weighted by Crippen LogP contribution is -2.52. The number of nitrogens with zero attached hydrogens (tertiary/aromatic N) is 2. The van der Waals surface area contributed by atoms with Crippen molar-refractivity contribution in [1.29, 1.82) is 0 Å². The van der Waals surface area contributed by atoms with Gasteiger partial charge in [0, 0.05) is 37.4 Å². The number of likely N-dealkylation sites (N-methyl/N-ethyl adjacent to an activating group) is 1. The first kappa shape index (κ1) is 14.4. The molecule has 1 fully saturated rings. The van der Waals surface area contributed by atoms with Crippen LogP contribution >= 0.6 is 0 Å². The van der Waals surface area contributed by atoms with E-state index in [0.29, 0.717) is 6.04 Å². The summed E-state index contributed by atoms with van der Waals surface area (Å²) < 4.78 is 0. The van der Waals surface area contributed by atoms with E-state index in [2.05, 4.69) is 54.8 Å². The highest BCUT2D eigenvalue weighted by Gasteiger charge is 2.24. The van der Waals surface area contributed by atoms with Crippen molar-refractivity contribution in [3.05, 3.63) is 29.8 Å². The molecule has 0 aliphatic carbocycles. The van der Waals surface area contributed by atoms with Crippen LogP contribution in [0, 0.1) is 0 Å². The van der Waals surface area contributed by atoms with E-state index < -0.39 is 0 Å². The van der Waals surface area contributed by atoms with Gasteiger partial charge in [0.1, 0.15) is 0 Å². The lowest BCUT2D eigenvalue weighted by molar-refractivity contribution is 0.199. The predicted octanol–water partition coefficient (Wildman–Crippen LogP) is 2.63. The van der Waals surface area contributed by atoms with Crippen molar-refractivity contribution in [2.24, 2.45) is 5.73 Å². The monoisotopic (exact) mass is 261 g/mol. The molecule has 2 rings (SSSR count). The molecule has 1 aromatic rings. The highest BCUT2D eigenvalue weighted by molar-refractivity contribution is 5.55. The van der Waals surface area contributed by atoms with Gasteiger partial charge in [-0.1, -0.05) is 32.0 Å². The second-order valence-corrected chi connectivity index (χ2v) is 5.50. The summed E-state index contributed by atoms with van der Waals surface area (Å²) in [4.78, 5) is 5.04. The maximum atomic E-state index is 6.25. The van der Waals surface area contributed by atoms with Crippen LogP contribution < -0.4 is 10.6 Å². The van der Waals surface area contributed by atoms with Crippen LogP contribution in [0.4, 0.5) is 5.69 Å². The fraction of sp³-hybridized carbons (Fsp3) is 0.625. The SMILES string of the molecule is CC[C@@H](N)c1ccccc1N1CCN(CC)C(C)C1. The lowest BCUT2D eigenvalue weighted by atomic mass is 10.0. The van der Waals surface area contributed by atoms with E-state index in [1.54, 1.807) is 0 Å². The minimum Gasteiger partial charge on any atom is -0.368 e. The molecule has 19 heavy (non-hydrogen) atoms. The summed E-state index contributed by atoms with van der Waals surface area (Å²) in [5, 5.41) is 0. The van der Waals surface area contributed by atoms with E-state index in [-0.39, 0.29) is 6.04 Å². The smallest absolute Gasteiger partial charge is 0.0415 e. The van der Waals surface area contributed by atoms with E-state index in [1.165, 1.54) is 11.3 Å². The number of anilines is 1. The predicted molar refractivity (Wildman–Crippen MR) is 82.6 cm³/mol. The van der Waals surface area contributed by atoms with E-state index in [4.69, 9.17) is 5.73 Å². The molecule has 1 saturated heterocycles. The summed E-state index contributed by atoms with van der Waals surface area (Å²) in [6.45, 7) is 11.2. The summed E-state index contributed by atoms with van der Waals surface area (Å²) in [7, 11) is 0. The summed E-state index contributed by atoms with van der Waals surface area (Å²) in [6, 6.07) is 9.39. The maximum Gasteiger partial charge on any atom is 0.0415 e.